The molecule has 0 fully saturated rings. The molecule has 0 saturated carbocycles. The smallest absolute Gasteiger partial charge is 0.124 e. The Hall–Kier alpha value is -3.40. The van der Waals surface area contributed by atoms with Crippen molar-refractivity contribution in [3.8, 4) is 33.8 Å². The van der Waals surface area contributed by atoms with Crippen molar-refractivity contribution in [3.05, 3.63) is 73.3 Å². The number of rotatable bonds is 2. The molecule has 0 saturated heterocycles. The van der Waals surface area contributed by atoms with Crippen LogP contribution in [0.2, 0.25) is 0 Å². The average Bonchev–Trinajstić information content (AvgIpc) is 2.62. The van der Waals surface area contributed by atoms with Crippen molar-refractivity contribution in [2.24, 2.45) is 0 Å². The van der Waals surface area contributed by atoms with E-state index >= 15 is 0 Å². The maximum atomic E-state index is 10.3. The van der Waals surface area contributed by atoms with E-state index < -0.39 is 0 Å². The maximum absolute atomic E-state index is 10.3. The molecule has 4 nitrogen and oxygen atoms in total. The summed E-state index contributed by atoms with van der Waals surface area (Å²) in [4.78, 5) is 8.06. The van der Waals surface area contributed by atoms with Gasteiger partial charge in [0, 0.05) is 29.1 Å². The van der Waals surface area contributed by atoms with Crippen molar-refractivity contribution < 1.29 is 10.2 Å². The van der Waals surface area contributed by atoms with Crippen LogP contribution in [-0.2, 0) is 0 Å². The quantitative estimate of drug-likeness (QED) is 0.576. The second-order valence-electron chi connectivity index (χ2n) is 5.54. The number of hydrogen-bond acceptors (Lipinski definition) is 4. The van der Waals surface area contributed by atoms with Gasteiger partial charge in [-0.3, -0.25) is 0 Å². The zero-order valence-electron chi connectivity index (χ0n) is 12.7. The highest BCUT2D eigenvalue weighted by Gasteiger charge is 2.11. The molecule has 0 radical (unpaired) electrons. The number of aromatic hydroxyl groups is 2. The fraction of sp³-hybridized carbons (Fsp3) is 0. The van der Waals surface area contributed by atoms with Crippen LogP contribution < -0.4 is 0 Å². The standard InChI is InChI=1S/C20H14N2O2/c23-18-4-2-1-3-16(18)13-5-7-17-14(9-13)6-8-19(24)20(17)15-10-21-12-22-11-15/h1-12,23-24H. The normalized spacial score (nSPS) is 10.8. The second kappa shape index (κ2) is 5.66. The SMILES string of the molecule is Oc1ccccc1-c1ccc2c(-c3cncnc3)c(O)ccc2c1. The van der Waals surface area contributed by atoms with E-state index in [1.807, 2.05) is 36.4 Å². The van der Waals surface area contributed by atoms with Gasteiger partial charge in [0.05, 0.1) is 0 Å². The predicted molar refractivity (Wildman–Crippen MR) is 93.7 cm³/mol. The first-order chi connectivity index (χ1) is 11.7. The number of benzene rings is 3. The zero-order valence-corrected chi connectivity index (χ0v) is 12.7. The molecular formula is C20H14N2O2. The van der Waals surface area contributed by atoms with Crippen molar-refractivity contribution in [2.45, 2.75) is 0 Å². The predicted octanol–water partition coefficient (Wildman–Crippen LogP) is 4.38. The Bertz CT molecular complexity index is 1030. The van der Waals surface area contributed by atoms with Gasteiger partial charge in [-0.15, -0.1) is 0 Å². The van der Waals surface area contributed by atoms with Crippen LogP contribution in [0.1, 0.15) is 0 Å². The minimum absolute atomic E-state index is 0.188. The van der Waals surface area contributed by atoms with Crippen LogP contribution >= 0.6 is 0 Å². The first kappa shape index (κ1) is 14.2. The van der Waals surface area contributed by atoms with Gasteiger partial charge in [-0.2, -0.15) is 0 Å². The van der Waals surface area contributed by atoms with Crippen LogP contribution in [0.15, 0.2) is 73.3 Å². The number of nitrogens with zero attached hydrogens (tertiary/aromatic N) is 2. The number of hydrogen-bond donors (Lipinski definition) is 2. The fourth-order valence-electron chi connectivity index (χ4n) is 2.94. The number of fused-ring (bicyclic) bond motifs is 1. The summed E-state index contributed by atoms with van der Waals surface area (Å²) in [6.07, 6.45) is 4.82. The van der Waals surface area contributed by atoms with Gasteiger partial charge < -0.3 is 10.2 Å². The minimum atomic E-state index is 0.188. The van der Waals surface area contributed by atoms with Crippen LogP contribution in [0.4, 0.5) is 0 Å². The van der Waals surface area contributed by atoms with Gasteiger partial charge in [0.1, 0.15) is 17.8 Å². The third-order valence-corrected chi connectivity index (χ3v) is 4.06. The molecule has 0 spiro atoms. The van der Waals surface area contributed by atoms with E-state index in [-0.39, 0.29) is 11.5 Å². The van der Waals surface area contributed by atoms with E-state index in [0.717, 1.165) is 27.5 Å². The van der Waals surface area contributed by atoms with Crippen molar-refractivity contribution in [3.63, 3.8) is 0 Å². The minimum Gasteiger partial charge on any atom is -0.507 e. The van der Waals surface area contributed by atoms with E-state index in [0.29, 0.717) is 5.56 Å². The maximum Gasteiger partial charge on any atom is 0.124 e. The zero-order chi connectivity index (χ0) is 16.5. The summed E-state index contributed by atoms with van der Waals surface area (Å²) in [5.74, 6) is 0.430. The lowest BCUT2D eigenvalue weighted by atomic mass is 9.95. The lowest BCUT2D eigenvalue weighted by Crippen LogP contribution is -1.87. The van der Waals surface area contributed by atoms with E-state index in [2.05, 4.69) is 9.97 Å². The summed E-state index contributed by atoms with van der Waals surface area (Å²) < 4.78 is 0. The largest absolute Gasteiger partial charge is 0.507 e. The van der Waals surface area contributed by atoms with E-state index in [9.17, 15) is 10.2 Å². The summed E-state index contributed by atoms with van der Waals surface area (Å²) in [5.41, 5.74) is 3.16. The van der Waals surface area contributed by atoms with Crippen molar-refractivity contribution in [1.29, 1.82) is 0 Å². The van der Waals surface area contributed by atoms with Crippen LogP contribution in [-0.4, -0.2) is 20.2 Å². The number of phenolic OH excluding ortho intramolecular Hbond substituents is 2. The first-order valence-electron chi connectivity index (χ1n) is 7.53. The molecule has 4 heteroatoms. The molecule has 3 aromatic carbocycles. The van der Waals surface area contributed by atoms with E-state index in [4.69, 9.17) is 0 Å². The molecule has 0 aliphatic rings. The highest BCUT2D eigenvalue weighted by atomic mass is 16.3. The van der Waals surface area contributed by atoms with Gasteiger partial charge in [-0.05, 0) is 34.5 Å². The first-order valence-corrected chi connectivity index (χ1v) is 7.53. The van der Waals surface area contributed by atoms with Gasteiger partial charge in [0.15, 0.2) is 0 Å². The molecule has 0 aliphatic carbocycles. The van der Waals surface area contributed by atoms with Gasteiger partial charge in [-0.1, -0.05) is 36.4 Å². The Morgan fingerprint density at radius 2 is 1.50 bits per heavy atom. The summed E-state index contributed by atoms with van der Waals surface area (Å²) in [5, 5.41) is 22.2. The molecule has 1 aromatic heterocycles. The number of phenols is 2. The summed E-state index contributed by atoms with van der Waals surface area (Å²) >= 11 is 0. The molecular weight excluding hydrogens is 300 g/mol. The van der Waals surface area contributed by atoms with Crippen molar-refractivity contribution in [1.82, 2.24) is 9.97 Å². The molecule has 116 valence electrons. The van der Waals surface area contributed by atoms with Gasteiger partial charge in [-0.25, -0.2) is 9.97 Å². The Kier molecular flexibility index (Phi) is 3.35. The number of aromatic nitrogens is 2. The molecule has 0 bridgehead atoms. The topological polar surface area (TPSA) is 66.2 Å². The third kappa shape index (κ3) is 2.34. The van der Waals surface area contributed by atoms with Crippen LogP contribution in [0.25, 0.3) is 33.0 Å². The Morgan fingerprint density at radius 1 is 0.708 bits per heavy atom. The molecule has 0 atom stereocenters. The molecule has 4 rings (SSSR count). The monoisotopic (exact) mass is 314 g/mol. The Morgan fingerprint density at radius 3 is 2.29 bits per heavy atom. The second-order valence-corrected chi connectivity index (χ2v) is 5.54. The lowest BCUT2D eigenvalue weighted by molar-refractivity contribution is 0.477. The van der Waals surface area contributed by atoms with Crippen LogP contribution in [0.5, 0.6) is 11.5 Å². The molecule has 0 amide bonds. The summed E-state index contributed by atoms with van der Waals surface area (Å²) in [7, 11) is 0. The van der Waals surface area contributed by atoms with Gasteiger partial charge in [0.2, 0.25) is 0 Å². The van der Waals surface area contributed by atoms with Gasteiger partial charge >= 0.3 is 0 Å². The van der Waals surface area contributed by atoms with Crippen molar-refractivity contribution >= 4 is 10.8 Å². The molecule has 2 N–H and O–H groups in total. The van der Waals surface area contributed by atoms with Crippen molar-refractivity contribution in [2.75, 3.05) is 0 Å². The van der Waals surface area contributed by atoms with E-state index in [1.165, 1.54) is 6.33 Å². The van der Waals surface area contributed by atoms with Crippen LogP contribution in [0.3, 0.4) is 0 Å². The third-order valence-electron chi connectivity index (χ3n) is 4.06. The Balaban J connectivity index is 1.95. The summed E-state index contributed by atoms with van der Waals surface area (Å²) in [6, 6.07) is 16.6. The highest BCUT2D eigenvalue weighted by molar-refractivity contribution is 6.01. The molecule has 0 unspecified atom stereocenters. The molecule has 0 aliphatic heterocycles. The average molecular weight is 314 g/mol. The molecule has 24 heavy (non-hydrogen) atoms. The summed E-state index contributed by atoms with van der Waals surface area (Å²) in [6.45, 7) is 0. The Labute approximate surface area is 138 Å². The van der Waals surface area contributed by atoms with Crippen LogP contribution in [0, 0.1) is 0 Å². The van der Waals surface area contributed by atoms with Gasteiger partial charge in [0.25, 0.3) is 0 Å². The number of para-hydroxylation sites is 1. The van der Waals surface area contributed by atoms with E-state index in [1.54, 1.807) is 30.6 Å². The highest BCUT2D eigenvalue weighted by Crippen LogP contribution is 2.38. The molecule has 1 heterocycles. The lowest BCUT2D eigenvalue weighted by Gasteiger charge is -2.11. The molecule has 4 aromatic rings. The fourth-order valence-corrected chi connectivity index (χ4v) is 2.94.